The molecular formula is C10H18Br2O2Zn. The van der Waals surface area contributed by atoms with Crippen LogP contribution in [0.1, 0.15) is 39.5 Å². The van der Waals surface area contributed by atoms with Gasteiger partial charge >= 0.3 is 30.0 Å². The van der Waals surface area contributed by atoms with Crippen LogP contribution in [0.4, 0.5) is 0 Å². The van der Waals surface area contributed by atoms with Gasteiger partial charge in [-0.15, -0.1) is 0 Å². The quantitative estimate of drug-likeness (QED) is 0.403. The SMILES string of the molecule is CC(=O)CCCBr.[CH2-]CCC(C)=O.[Zn+][Br]. The Hall–Kier alpha value is 0.923. The molecule has 0 atom stereocenters. The van der Waals surface area contributed by atoms with E-state index in [-0.39, 0.29) is 11.6 Å². The van der Waals surface area contributed by atoms with Crippen molar-refractivity contribution in [1.29, 1.82) is 0 Å². The van der Waals surface area contributed by atoms with Gasteiger partial charge in [-0.25, -0.2) is 0 Å². The Morgan fingerprint density at radius 2 is 1.53 bits per heavy atom. The second-order valence-electron chi connectivity index (χ2n) is 2.80. The third-order valence-electron chi connectivity index (χ3n) is 1.19. The van der Waals surface area contributed by atoms with Gasteiger partial charge in [-0.1, -0.05) is 15.9 Å². The van der Waals surface area contributed by atoms with E-state index in [1.54, 1.807) is 13.8 Å². The zero-order chi connectivity index (χ0) is 12.7. The molecule has 0 unspecified atom stereocenters. The van der Waals surface area contributed by atoms with Crippen molar-refractivity contribution in [2.75, 3.05) is 5.33 Å². The van der Waals surface area contributed by atoms with E-state index in [4.69, 9.17) is 0 Å². The number of hydrogen-bond donors (Lipinski definition) is 0. The number of alkyl halides is 1. The fourth-order valence-electron chi connectivity index (χ4n) is 0.565. The Morgan fingerprint density at radius 1 is 1.13 bits per heavy atom. The second-order valence-corrected chi connectivity index (χ2v) is 3.59. The standard InChI is InChI=1S/C5H9BrO.C5H9O.BrH.Zn/c1-5(7)3-2-4-6;1-3-4-5(2)6;;/h2-4H2,1H3;1,3-4H2,2H3;1H;/q;-1;;+2/p-1. The summed E-state index contributed by atoms with van der Waals surface area (Å²) in [5.74, 6) is 0.504. The number of halogens is 2. The monoisotopic (exact) mass is 392 g/mol. The minimum atomic E-state index is 0.227. The molecule has 2 nitrogen and oxygen atoms in total. The molecular weight excluding hydrogens is 377 g/mol. The average Bonchev–Trinajstić information content (AvgIpc) is 2.18. The summed E-state index contributed by atoms with van der Waals surface area (Å²) in [4.78, 5) is 20.2. The van der Waals surface area contributed by atoms with Crippen LogP contribution in [-0.2, 0) is 25.9 Å². The van der Waals surface area contributed by atoms with Crippen molar-refractivity contribution < 1.29 is 25.9 Å². The van der Waals surface area contributed by atoms with E-state index in [1.165, 1.54) is 16.3 Å². The van der Waals surface area contributed by atoms with E-state index < -0.39 is 0 Å². The van der Waals surface area contributed by atoms with Crippen LogP contribution in [0.3, 0.4) is 0 Å². The van der Waals surface area contributed by atoms with Gasteiger partial charge in [0, 0.05) is 11.8 Å². The first-order valence-corrected chi connectivity index (χ1v) is 12.7. The van der Waals surface area contributed by atoms with Crippen LogP contribution in [0, 0.1) is 6.92 Å². The zero-order valence-corrected chi connectivity index (χ0v) is 15.7. The number of carbonyl (C=O) groups excluding carboxylic acids is 2. The number of hydrogen-bond acceptors (Lipinski definition) is 2. The summed E-state index contributed by atoms with van der Waals surface area (Å²) in [6, 6.07) is 0. The summed E-state index contributed by atoms with van der Waals surface area (Å²) < 4.78 is 0. The van der Waals surface area contributed by atoms with E-state index in [2.05, 4.69) is 36.5 Å². The van der Waals surface area contributed by atoms with Crippen LogP contribution < -0.4 is 0 Å². The predicted molar refractivity (Wildman–Crippen MR) is 67.9 cm³/mol. The van der Waals surface area contributed by atoms with Crippen LogP contribution >= 0.6 is 29.6 Å². The zero-order valence-electron chi connectivity index (χ0n) is 9.52. The van der Waals surface area contributed by atoms with Gasteiger partial charge in [0.15, 0.2) is 0 Å². The van der Waals surface area contributed by atoms with Crippen molar-refractivity contribution in [2.24, 2.45) is 0 Å². The molecule has 86 valence electrons. The van der Waals surface area contributed by atoms with Crippen molar-refractivity contribution in [3.8, 4) is 0 Å². The third-order valence-corrected chi connectivity index (χ3v) is 1.75. The molecule has 0 aliphatic heterocycles. The number of ketones is 2. The van der Waals surface area contributed by atoms with Gasteiger partial charge in [-0.3, -0.25) is 0 Å². The molecule has 0 amide bonds. The first kappa shape index (κ1) is 21.2. The molecule has 0 aromatic carbocycles. The molecule has 0 aliphatic carbocycles. The molecule has 0 saturated heterocycles. The summed E-state index contributed by atoms with van der Waals surface area (Å²) in [5.41, 5.74) is 0. The average molecular weight is 395 g/mol. The molecule has 5 heteroatoms. The molecule has 0 aromatic rings. The molecule has 0 fully saturated rings. The fourth-order valence-corrected chi connectivity index (χ4v) is 0.845. The molecule has 0 bridgehead atoms. The Kier molecular flexibility index (Phi) is 28.8. The normalized spacial score (nSPS) is 7.93. The summed E-state index contributed by atoms with van der Waals surface area (Å²) in [7, 11) is 0. The number of carbonyl (C=O) groups is 2. The first-order chi connectivity index (χ1) is 7.04. The van der Waals surface area contributed by atoms with E-state index in [1.807, 2.05) is 0 Å². The van der Waals surface area contributed by atoms with Gasteiger partial charge in [-0.2, -0.15) is 6.42 Å². The van der Waals surface area contributed by atoms with Gasteiger partial charge < -0.3 is 16.5 Å². The molecule has 0 radical (unpaired) electrons. The van der Waals surface area contributed by atoms with E-state index >= 15 is 0 Å². The van der Waals surface area contributed by atoms with Crippen LogP contribution in [0.5, 0.6) is 0 Å². The topological polar surface area (TPSA) is 34.1 Å². The Morgan fingerprint density at radius 3 is 1.60 bits per heavy atom. The molecule has 0 saturated carbocycles. The Labute approximate surface area is 118 Å². The van der Waals surface area contributed by atoms with Gasteiger partial charge in [-0.05, 0) is 26.7 Å². The van der Waals surface area contributed by atoms with Crippen LogP contribution in [-0.4, -0.2) is 16.9 Å². The van der Waals surface area contributed by atoms with Crippen molar-refractivity contribution in [3.63, 3.8) is 0 Å². The first-order valence-electron chi connectivity index (χ1n) is 4.65. The van der Waals surface area contributed by atoms with E-state index in [0.29, 0.717) is 12.8 Å². The molecule has 0 aliphatic rings. The molecule has 0 aromatic heterocycles. The van der Waals surface area contributed by atoms with Gasteiger partial charge in [0.1, 0.15) is 11.6 Å². The Bertz CT molecular complexity index is 152. The summed E-state index contributed by atoms with van der Waals surface area (Å²) in [5, 5.41) is 0.937. The van der Waals surface area contributed by atoms with Gasteiger partial charge in [0.05, 0.1) is 0 Å². The maximum absolute atomic E-state index is 10.2. The van der Waals surface area contributed by atoms with E-state index in [9.17, 15) is 9.59 Å². The molecule has 0 spiro atoms. The van der Waals surface area contributed by atoms with E-state index in [0.717, 1.165) is 18.2 Å². The molecule has 0 rings (SSSR count). The van der Waals surface area contributed by atoms with Crippen LogP contribution in [0.25, 0.3) is 0 Å². The third kappa shape index (κ3) is 39.7. The van der Waals surface area contributed by atoms with Crippen molar-refractivity contribution in [1.82, 2.24) is 0 Å². The summed E-state index contributed by atoms with van der Waals surface area (Å²) in [6.07, 6.45) is 3.04. The predicted octanol–water partition coefficient (Wildman–Crippen LogP) is 3.78. The second kappa shape index (κ2) is 20.3. The van der Waals surface area contributed by atoms with Gasteiger partial charge in [0.25, 0.3) is 0 Å². The molecule has 0 N–H and O–H groups in total. The summed E-state index contributed by atoms with van der Waals surface area (Å²) in [6.45, 7) is 6.69. The van der Waals surface area contributed by atoms with Crippen molar-refractivity contribution in [3.05, 3.63) is 6.92 Å². The van der Waals surface area contributed by atoms with Crippen molar-refractivity contribution in [2.45, 2.75) is 39.5 Å². The fraction of sp³-hybridized carbons (Fsp3) is 0.700. The Balaban J connectivity index is -0.000000166. The van der Waals surface area contributed by atoms with Crippen molar-refractivity contribution >= 4 is 41.1 Å². The number of Topliss-reactive ketones (excluding diaryl/α,β-unsaturated/α-hetero) is 2. The minimum absolute atomic E-state index is 0.227. The summed E-state index contributed by atoms with van der Waals surface area (Å²) >= 11 is 7.48. The number of rotatable bonds is 5. The maximum atomic E-state index is 10.2. The molecule has 15 heavy (non-hydrogen) atoms. The van der Waals surface area contributed by atoms with Crippen LogP contribution in [0.15, 0.2) is 0 Å². The van der Waals surface area contributed by atoms with Gasteiger partial charge in [0.2, 0.25) is 0 Å². The van der Waals surface area contributed by atoms with Crippen LogP contribution in [0.2, 0.25) is 0 Å². The molecule has 0 heterocycles.